The first-order chi connectivity index (χ1) is 11.7. The van der Waals surface area contributed by atoms with Gasteiger partial charge in [0.2, 0.25) is 5.91 Å². The van der Waals surface area contributed by atoms with E-state index in [2.05, 4.69) is 6.92 Å². The number of carbonyl (C=O) groups is 2. The van der Waals surface area contributed by atoms with Gasteiger partial charge in [0.1, 0.15) is 6.04 Å². The van der Waals surface area contributed by atoms with E-state index < -0.39 is 0 Å². The van der Waals surface area contributed by atoms with Crippen LogP contribution in [0.2, 0.25) is 0 Å². The number of ether oxygens (including phenoxy) is 1. The van der Waals surface area contributed by atoms with Gasteiger partial charge < -0.3 is 9.64 Å². The average Bonchev–Trinajstić information content (AvgIpc) is 3.32. The second kappa shape index (κ2) is 10.7. The van der Waals surface area contributed by atoms with E-state index in [9.17, 15) is 9.59 Å². The van der Waals surface area contributed by atoms with Crippen LogP contribution in [-0.4, -0.2) is 36.0 Å². The minimum Gasteiger partial charge on any atom is -0.464 e. The molecule has 0 aromatic carbocycles. The van der Waals surface area contributed by atoms with Gasteiger partial charge in [0.05, 0.1) is 6.61 Å². The summed E-state index contributed by atoms with van der Waals surface area (Å²) in [7, 11) is 0. The van der Waals surface area contributed by atoms with Crippen molar-refractivity contribution >= 4 is 11.9 Å². The number of rotatable bonds is 12. The van der Waals surface area contributed by atoms with E-state index in [1.165, 1.54) is 44.9 Å². The van der Waals surface area contributed by atoms with Gasteiger partial charge in [-0.3, -0.25) is 4.79 Å². The molecule has 4 heteroatoms. The van der Waals surface area contributed by atoms with Crippen molar-refractivity contribution in [3.05, 3.63) is 0 Å². The van der Waals surface area contributed by atoms with Crippen LogP contribution in [0.15, 0.2) is 0 Å². The highest BCUT2D eigenvalue weighted by atomic mass is 16.5. The Hall–Kier alpha value is -1.06. The lowest BCUT2D eigenvalue weighted by molar-refractivity contribution is -0.153. The van der Waals surface area contributed by atoms with E-state index >= 15 is 0 Å². The minimum atomic E-state index is -0.309. The molecular formula is C20H35NO3. The standard InChI is InChI=1S/C20H35NO3/c1-2-3-4-5-6-7-8-9-10-16-24-20(23)18-12-11-15-21(18)19(22)17-13-14-17/h17-18H,2-16H2,1H3. The Bertz CT molecular complexity index is 392. The summed E-state index contributed by atoms with van der Waals surface area (Å²) in [6.45, 7) is 3.48. The summed E-state index contributed by atoms with van der Waals surface area (Å²) < 4.78 is 5.43. The second-order valence-corrected chi connectivity index (χ2v) is 7.46. The van der Waals surface area contributed by atoms with Gasteiger partial charge in [0.15, 0.2) is 0 Å². The lowest BCUT2D eigenvalue weighted by atomic mass is 10.1. The van der Waals surface area contributed by atoms with Crippen LogP contribution in [0.1, 0.15) is 90.4 Å². The average molecular weight is 338 g/mol. The zero-order chi connectivity index (χ0) is 17.2. The number of esters is 1. The number of unbranched alkanes of at least 4 members (excludes halogenated alkanes) is 8. The van der Waals surface area contributed by atoms with Crippen molar-refractivity contribution in [3.63, 3.8) is 0 Å². The Morgan fingerprint density at radius 3 is 2.17 bits per heavy atom. The summed E-state index contributed by atoms with van der Waals surface area (Å²) in [5.41, 5.74) is 0. The third kappa shape index (κ3) is 6.45. The number of likely N-dealkylation sites (tertiary alicyclic amines) is 1. The maximum absolute atomic E-state index is 12.2. The molecule has 1 atom stereocenters. The molecule has 138 valence electrons. The quantitative estimate of drug-likeness (QED) is 0.390. The third-order valence-corrected chi connectivity index (χ3v) is 5.23. The molecule has 0 bridgehead atoms. The molecule has 0 radical (unpaired) electrons. The molecule has 0 spiro atoms. The molecule has 2 aliphatic rings. The molecule has 1 heterocycles. The van der Waals surface area contributed by atoms with Gasteiger partial charge in [-0.05, 0) is 32.1 Å². The van der Waals surface area contributed by atoms with Crippen molar-refractivity contribution in [2.24, 2.45) is 5.92 Å². The Balaban J connectivity index is 1.49. The SMILES string of the molecule is CCCCCCCCCCCOC(=O)C1CCCN1C(=O)C1CC1. The number of nitrogens with zero attached hydrogens (tertiary/aromatic N) is 1. The maximum Gasteiger partial charge on any atom is 0.328 e. The summed E-state index contributed by atoms with van der Waals surface area (Å²) in [5, 5.41) is 0. The first-order valence-electron chi connectivity index (χ1n) is 10.2. The van der Waals surface area contributed by atoms with Crippen molar-refractivity contribution in [2.75, 3.05) is 13.2 Å². The van der Waals surface area contributed by atoms with Crippen molar-refractivity contribution in [1.29, 1.82) is 0 Å². The zero-order valence-electron chi connectivity index (χ0n) is 15.4. The maximum atomic E-state index is 12.2. The van der Waals surface area contributed by atoms with E-state index in [0.717, 1.165) is 45.1 Å². The number of amides is 1. The van der Waals surface area contributed by atoms with Gasteiger partial charge in [-0.1, -0.05) is 58.3 Å². The fourth-order valence-electron chi connectivity index (χ4n) is 3.52. The Kier molecular flexibility index (Phi) is 8.62. The topological polar surface area (TPSA) is 46.6 Å². The van der Waals surface area contributed by atoms with E-state index in [1.807, 2.05) is 0 Å². The molecule has 1 aliphatic carbocycles. The van der Waals surface area contributed by atoms with Crippen LogP contribution in [0.3, 0.4) is 0 Å². The van der Waals surface area contributed by atoms with E-state index in [0.29, 0.717) is 6.61 Å². The predicted octanol–water partition coefficient (Wildman–Crippen LogP) is 4.46. The summed E-state index contributed by atoms with van der Waals surface area (Å²) in [6, 6.07) is -0.309. The molecule has 2 rings (SSSR count). The molecule has 0 aromatic heterocycles. The number of hydrogen-bond donors (Lipinski definition) is 0. The lowest BCUT2D eigenvalue weighted by Gasteiger charge is -2.23. The Morgan fingerprint density at radius 1 is 0.917 bits per heavy atom. The fourth-order valence-corrected chi connectivity index (χ4v) is 3.52. The first-order valence-corrected chi connectivity index (χ1v) is 10.2. The van der Waals surface area contributed by atoms with Crippen molar-refractivity contribution in [3.8, 4) is 0 Å². The molecule has 4 nitrogen and oxygen atoms in total. The molecule has 1 aliphatic heterocycles. The molecular weight excluding hydrogens is 302 g/mol. The summed E-state index contributed by atoms with van der Waals surface area (Å²) >= 11 is 0. The van der Waals surface area contributed by atoms with Crippen LogP contribution < -0.4 is 0 Å². The van der Waals surface area contributed by atoms with Crippen LogP contribution in [-0.2, 0) is 14.3 Å². The fraction of sp³-hybridized carbons (Fsp3) is 0.900. The molecule has 1 saturated heterocycles. The number of carbonyl (C=O) groups excluding carboxylic acids is 2. The molecule has 2 fully saturated rings. The Labute approximate surface area is 147 Å². The highest BCUT2D eigenvalue weighted by Crippen LogP contribution is 2.33. The van der Waals surface area contributed by atoms with Crippen LogP contribution >= 0.6 is 0 Å². The van der Waals surface area contributed by atoms with Gasteiger partial charge in [0, 0.05) is 12.5 Å². The highest BCUT2D eigenvalue weighted by Gasteiger charge is 2.41. The van der Waals surface area contributed by atoms with Crippen molar-refractivity contribution in [2.45, 2.75) is 96.4 Å². The van der Waals surface area contributed by atoms with E-state index in [1.54, 1.807) is 4.90 Å². The van der Waals surface area contributed by atoms with Crippen LogP contribution in [0, 0.1) is 5.92 Å². The van der Waals surface area contributed by atoms with E-state index in [-0.39, 0.29) is 23.8 Å². The van der Waals surface area contributed by atoms with Crippen molar-refractivity contribution < 1.29 is 14.3 Å². The van der Waals surface area contributed by atoms with Gasteiger partial charge >= 0.3 is 5.97 Å². The van der Waals surface area contributed by atoms with Gasteiger partial charge in [-0.2, -0.15) is 0 Å². The monoisotopic (exact) mass is 337 g/mol. The highest BCUT2D eigenvalue weighted by molar-refractivity contribution is 5.87. The molecule has 1 saturated carbocycles. The second-order valence-electron chi connectivity index (χ2n) is 7.46. The van der Waals surface area contributed by atoms with Crippen molar-refractivity contribution in [1.82, 2.24) is 4.90 Å². The molecule has 24 heavy (non-hydrogen) atoms. The van der Waals surface area contributed by atoms with E-state index in [4.69, 9.17) is 4.74 Å². The smallest absolute Gasteiger partial charge is 0.328 e. The van der Waals surface area contributed by atoms with Gasteiger partial charge in [-0.15, -0.1) is 0 Å². The lowest BCUT2D eigenvalue weighted by Crippen LogP contribution is -2.42. The third-order valence-electron chi connectivity index (χ3n) is 5.23. The first kappa shape index (κ1) is 19.3. The Morgan fingerprint density at radius 2 is 1.54 bits per heavy atom. The molecule has 1 unspecified atom stereocenters. The van der Waals surface area contributed by atoms with Gasteiger partial charge in [-0.25, -0.2) is 4.79 Å². The minimum absolute atomic E-state index is 0.178. The van der Waals surface area contributed by atoms with Crippen LogP contribution in [0.25, 0.3) is 0 Å². The van der Waals surface area contributed by atoms with Crippen LogP contribution in [0.5, 0.6) is 0 Å². The predicted molar refractivity (Wildman–Crippen MR) is 95.6 cm³/mol. The zero-order valence-corrected chi connectivity index (χ0v) is 15.4. The summed E-state index contributed by atoms with van der Waals surface area (Å²) in [6.07, 6.45) is 15.0. The summed E-state index contributed by atoms with van der Waals surface area (Å²) in [4.78, 5) is 26.2. The summed E-state index contributed by atoms with van der Waals surface area (Å²) in [5.74, 6) is 0.189. The largest absolute Gasteiger partial charge is 0.464 e. The molecule has 1 amide bonds. The number of hydrogen-bond acceptors (Lipinski definition) is 3. The van der Waals surface area contributed by atoms with Crippen LogP contribution in [0.4, 0.5) is 0 Å². The molecule has 0 N–H and O–H groups in total. The normalized spacial score (nSPS) is 20.4. The molecule has 0 aromatic rings. The van der Waals surface area contributed by atoms with Gasteiger partial charge in [0.25, 0.3) is 0 Å².